The lowest BCUT2D eigenvalue weighted by Gasteiger charge is -2.12. The standard InChI is InChI=1S/C13H11BrO3S/c1-7-9(2-3-18-7)12(15)8-4-10(14)13-11(5-8)16-6-17-13/h2-5,12,15H,6H2,1H3. The van der Waals surface area contributed by atoms with E-state index < -0.39 is 6.10 Å². The molecule has 0 amide bonds. The van der Waals surface area contributed by atoms with Crippen LogP contribution in [0.25, 0.3) is 0 Å². The summed E-state index contributed by atoms with van der Waals surface area (Å²) in [7, 11) is 0. The maximum Gasteiger partial charge on any atom is 0.231 e. The van der Waals surface area contributed by atoms with Gasteiger partial charge in [-0.2, -0.15) is 0 Å². The number of halogens is 1. The number of benzene rings is 1. The molecule has 5 heteroatoms. The van der Waals surface area contributed by atoms with Crippen molar-refractivity contribution in [2.45, 2.75) is 13.0 Å². The van der Waals surface area contributed by atoms with E-state index >= 15 is 0 Å². The SMILES string of the molecule is Cc1sccc1C(O)c1cc(Br)c2c(c1)OCO2. The third-order valence-electron chi connectivity index (χ3n) is 2.96. The first-order chi connectivity index (χ1) is 8.66. The van der Waals surface area contributed by atoms with E-state index in [4.69, 9.17) is 9.47 Å². The largest absolute Gasteiger partial charge is 0.454 e. The fourth-order valence-corrected chi connectivity index (χ4v) is 3.31. The van der Waals surface area contributed by atoms with Crippen molar-refractivity contribution in [3.05, 3.63) is 44.1 Å². The van der Waals surface area contributed by atoms with Crippen molar-refractivity contribution in [1.29, 1.82) is 0 Å². The summed E-state index contributed by atoms with van der Waals surface area (Å²) in [6, 6.07) is 5.65. The quantitative estimate of drug-likeness (QED) is 0.915. The minimum Gasteiger partial charge on any atom is -0.454 e. The van der Waals surface area contributed by atoms with Crippen molar-refractivity contribution < 1.29 is 14.6 Å². The van der Waals surface area contributed by atoms with Gasteiger partial charge in [0.25, 0.3) is 0 Å². The number of hydrogen-bond donors (Lipinski definition) is 1. The van der Waals surface area contributed by atoms with Crippen molar-refractivity contribution in [3.8, 4) is 11.5 Å². The van der Waals surface area contributed by atoms with Gasteiger partial charge in [0.05, 0.1) is 4.47 Å². The molecule has 2 heterocycles. The summed E-state index contributed by atoms with van der Waals surface area (Å²) < 4.78 is 11.5. The minimum atomic E-state index is -0.637. The van der Waals surface area contributed by atoms with Crippen LogP contribution < -0.4 is 9.47 Å². The summed E-state index contributed by atoms with van der Waals surface area (Å²) in [6.07, 6.45) is -0.637. The molecule has 0 saturated carbocycles. The Morgan fingerprint density at radius 3 is 2.94 bits per heavy atom. The Labute approximate surface area is 117 Å². The predicted octanol–water partition coefficient (Wildman–Crippen LogP) is 3.63. The molecule has 1 aliphatic heterocycles. The Balaban J connectivity index is 2.03. The van der Waals surface area contributed by atoms with Gasteiger partial charge in [0, 0.05) is 4.88 Å². The van der Waals surface area contributed by atoms with Crippen LogP contribution in [-0.4, -0.2) is 11.9 Å². The molecule has 1 aliphatic rings. The number of ether oxygens (including phenoxy) is 2. The van der Waals surface area contributed by atoms with Gasteiger partial charge in [0.2, 0.25) is 6.79 Å². The zero-order chi connectivity index (χ0) is 12.7. The highest BCUT2D eigenvalue weighted by molar-refractivity contribution is 9.10. The van der Waals surface area contributed by atoms with Gasteiger partial charge >= 0.3 is 0 Å². The van der Waals surface area contributed by atoms with Crippen LogP contribution in [0.3, 0.4) is 0 Å². The third kappa shape index (κ3) is 1.92. The first kappa shape index (κ1) is 12.0. The van der Waals surface area contributed by atoms with Crippen LogP contribution in [-0.2, 0) is 0 Å². The molecule has 1 atom stereocenters. The van der Waals surface area contributed by atoms with Gasteiger partial charge in [0.15, 0.2) is 11.5 Å². The first-order valence-electron chi connectivity index (χ1n) is 5.48. The number of aliphatic hydroxyl groups is 1. The second-order valence-corrected chi connectivity index (χ2v) is 6.05. The van der Waals surface area contributed by atoms with Gasteiger partial charge in [-0.25, -0.2) is 0 Å². The molecular weight excluding hydrogens is 316 g/mol. The van der Waals surface area contributed by atoms with Gasteiger partial charge in [0.1, 0.15) is 6.10 Å². The van der Waals surface area contributed by atoms with Gasteiger partial charge in [-0.15, -0.1) is 11.3 Å². The summed E-state index contributed by atoms with van der Waals surface area (Å²) in [5, 5.41) is 12.4. The van der Waals surface area contributed by atoms with Crippen molar-refractivity contribution >= 4 is 27.3 Å². The highest BCUT2D eigenvalue weighted by Crippen LogP contribution is 2.42. The molecule has 1 N–H and O–H groups in total. The average Bonchev–Trinajstić information content (AvgIpc) is 2.96. The van der Waals surface area contributed by atoms with E-state index in [1.165, 1.54) is 0 Å². The Bertz CT molecular complexity index is 594. The first-order valence-corrected chi connectivity index (χ1v) is 7.15. The summed E-state index contributed by atoms with van der Waals surface area (Å²) in [5.74, 6) is 1.37. The molecule has 1 unspecified atom stereocenters. The summed E-state index contributed by atoms with van der Waals surface area (Å²) in [5.41, 5.74) is 1.73. The molecule has 18 heavy (non-hydrogen) atoms. The van der Waals surface area contributed by atoms with Crippen molar-refractivity contribution in [2.24, 2.45) is 0 Å². The van der Waals surface area contributed by atoms with E-state index in [0.717, 1.165) is 20.5 Å². The zero-order valence-electron chi connectivity index (χ0n) is 9.64. The lowest BCUT2D eigenvalue weighted by Crippen LogP contribution is -1.99. The molecular formula is C13H11BrO3S. The number of aryl methyl sites for hydroxylation is 1. The molecule has 94 valence electrons. The minimum absolute atomic E-state index is 0.227. The second kappa shape index (κ2) is 4.57. The van der Waals surface area contributed by atoms with E-state index in [1.807, 2.05) is 30.5 Å². The third-order valence-corrected chi connectivity index (χ3v) is 4.41. The molecule has 0 spiro atoms. The molecule has 2 aromatic rings. The fourth-order valence-electron chi connectivity index (χ4n) is 2.00. The van der Waals surface area contributed by atoms with Crippen LogP contribution in [0.5, 0.6) is 11.5 Å². The summed E-state index contributed by atoms with van der Waals surface area (Å²) in [4.78, 5) is 1.12. The Morgan fingerprint density at radius 2 is 2.22 bits per heavy atom. The molecule has 0 radical (unpaired) electrons. The van der Waals surface area contributed by atoms with Gasteiger partial charge in [-0.3, -0.25) is 0 Å². The highest BCUT2D eigenvalue weighted by Gasteiger charge is 2.22. The number of thiophene rings is 1. The molecule has 0 fully saturated rings. The van der Waals surface area contributed by atoms with Crippen molar-refractivity contribution in [2.75, 3.05) is 6.79 Å². The van der Waals surface area contributed by atoms with Crippen LogP contribution in [0.1, 0.15) is 22.1 Å². The van der Waals surface area contributed by atoms with E-state index in [2.05, 4.69) is 15.9 Å². The lowest BCUT2D eigenvalue weighted by molar-refractivity contribution is 0.173. The van der Waals surface area contributed by atoms with Crippen LogP contribution in [0.4, 0.5) is 0 Å². The number of fused-ring (bicyclic) bond motifs is 1. The number of hydrogen-bond acceptors (Lipinski definition) is 4. The molecule has 0 aliphatic carbocycles. The van der Waals surface area contributed by atoms with E-state index in [1.54, 1.807) is 11.3 Å². The van der Waals surface area contributed by atoms with Gasteiger partial charge < -0.3 is 14.6 Å². The number of rotatable bonds is 2. The molecule has 3 rings (SSSR count). The molecule has 1 aromatic carbocycles. The van der Waals surface area contributed by atoms with E-state index in [-0.39, 0.29) is 6.79 Å². The van der Waals surface area contributed by atoms with Crippen LogP contribution in [0.2, 0.25) is 0 Å². The smallest absolute Gasteiger partial charge is 0.231 e. The van der Waals surface area contributed by atoms with E-state index in [0.29, 0.717) is 11.5 Å². The molecule has 0 bridgehead atoms. The summed E-state index contributed by atoms with van der Waals surface area (Å²) in [6.45, 7) is 2.23. The van der Waals surface area contributed by atoms with Crippen molar-refractivity contribution in [1.82, 2.24) is 0 Å². The van der Waals surface area contributed by atoms with Crippen LogP contribution >= 0.6 is 27.3 Å². The zero-order valence-corrected chi connectivity index (χ0v) is 12.0. The van der Waals surface area contributed by atoms with Crippen LogP contribution in [0.15, 0.2) is 28.1 Å². The average molecular weight is 327 g/mol. The molecule has 1 aromatic heterocycles. The monoisotopic (exact) mass is 326 g/mol. The lowest BCUT2D eigenvalue weighted by atomic mass is 10.0. The Hall–Kier alpha value is -1.04. The second-order valence-electron chi connectivity index (χ2n) is 4.07. The van der Waals surface area contributed by atoms with E-state index in [9.17, 15) is 5.11 Å². The van der Waals surface area contributed by atoms with Crippen molar-refractivity contribution in [3.63, 3.8) is 0 Å². The Morgan fingerprint density at radius 1 is 1.39 bits per heavy atom. The number of aliphatic hydroxyl groups excluding tert-OH is 1. The fraction of sp³-hybridized carbons (Fsp3) is 0.231. The Kier molecular flexibility index (Phi) is 3.05. The summed E-state index contributed by atoms with van der Waals surface area (Å²) >= 11 is 5.06. The van der Waals surface area contributed by atoms with Gasteiger partial charge in [-0.1, -0.05) is 0 Å². The maximum atomic E-state index is 10.4. The van der Waals surface area contributed by atoms with Crippen LogP contribution in [0, 0.1) is 6.92 Å². The highest BCUT2D eigenvalue weighted by atomic mass is 79.9. The van der Waals surface area contributed by atoms with Gasteiger partial charge in [-0.05, 0) is 57.6 Å². The topological polar surface area (TPSA) is 38.7 Å². The maximum absolute atomic E-state index is 10.4. The predicted molar refractivity (Wildman–Crippen MR) is 73.4 cm³/mol. The molecule has 3 nitrogen and oxygen atoms in total. The molecule has 0 saturated heterocycles. The normalized spacial score (nSPS) is 14.8.